The third-order valence-corrected chi connectivity index (χ3v) is 6.98. The third kappa shape index (κ3) is 6.23. The Morgan fingerprint density at radius 2 is 2.00 bits per heavy atom. The molecule has 1 amide bonds. The van der Waals surface area contributed by atoms with Gasteiger partial charge in [0.05, 0.1) is 11.3 Å². The van der Waals surface area contributed by atoms with E-state index in [4.69, 9.17) is 14.5 Å². The Kier molecular flexibility index (Phi) is 8.56. The predicted octanol–water partition coefficient (Wildman–Crippen LogP) is 5.80. The molecule has 2 aromatic heterocycles. The zero-order valence-corrected chi connectivity index (χ0v) is 22.8. The monoisotopic (exact) mass is 542 g/mol. The van der Waals surface area contributed by atoms with Crippen LogP contribution in [0.1, 0.15) is 24.8 Å². The molecule has 0 unspecified atom stereocenters. The summed E-state index contributed by atoms with van der Waals surface area (Å²) in [5.74, 6) is 1.62. The number of rotatable bonds is 10. The highest BCUT2D eigenvalue weighted by Crippen LogP contribution is 2.38. The number of amides is 1. The second kappa shape index (κ2) is 12.6. The van der Waals surface area contributed by atoms with E-state index in [0.717, 1.165) is 59.1 Å². The summed E-state index contributed by atoms with van der Waals surface area (Å²) in [7, 11) is 1.71. The van der Waals surface area contributed by atoms with Crippen LogP contribution in [0.5, 0.6) is 11.6 Å². The maximum absolute atomic E-state index is 11.4. The zero-order chi connectivity index (χ0) is 27.9. The van der Waals surface area contributed by atoms with E-state index >= 15 is 0 Å². The van der Waals surface area contributed by atoms with Gasteiger partial charge in [0.15, 0.2) is 0 Å². The lowest BCUT2D eigenvalue weighted by atomic mass is 10.0. The number of piperidine rings is 1. The number of likely N-dealkylation sites (tertiary alicyclic amines) is 1. The van der Waals surface area contributed by atoms with Crippen LogP contribution in [0.4, 0.5) is 16.4 Å². The lowest BCUT2D eigenvalue weighted by Crippen LogP contribution is -2.44. The molecule has 1 aliphatic heterocycles. The van der Waals surface area contributed by atoms with Gasteiger partial charge in [-0.1, -0.05) is 24.3 Å². The minimum atomic E-state index is -0.906. The number of nitrogens with zero attached hydrogens (tertiary/aromatic N) is 4. The first kappa shape index (κ1) is 27.1. The summed E-state index contributed by atoms with van der Waals surface area (Å²) in [4.78, 5) is 26.5. The number of aryl methyl sites for hydroxylation is 1. The van der Waals surface area contributed by atoms with Gasteiger partial charge in [0, 0.05) is 68.2 Å². The Morgan fingerprint density at radius 1 is 1.10 bits per heavy atom. The molecule has 0 spiro atoms. The summed E-state index contributed by atoms with van der Waals surface area (Å²) in [6, 6.07) is 15.8. The van der Waals surface area contributed by atoms with Gasteiger partial charge in [-0.2, -0.15) is 0 Å². The van der Waals surface area contributed by atoms with Gasteiger partial charge in [0.2, 0.25) is 11.8 Å². The summed E-state index contributed by atoms with van der Waals surface area (Å²) in [5.41, 5.74) is 3.42. The Balaban J connectivity index is 1.41. The Morgan fingerprint density at radius 3 is 2.85 bits per heavy atom. The molecule has 4 aromatic rings. The first-order chi connectivity index (χ1) is 19.5. The van der Waals surface area contributed by atoms with E-state index in [-0.39, 0.29) is 6.04 Å². The van der Waals surface area contributed by atoms with E-state index in [1.54, 1.807) is 19.5 Å². The average molecular weight is 543 g/mol. The van der Waals surface area contributed by atoms with Gasteiger partial charge in [-0.3, -0.25) is 0 Å². The maximum Gasteiger partial charge on any atom is 0.407 e. The highest BCUT2D eigenvalue weighted by molar-refractivity contribution is 5.98. The molecule has 0 aliphatic carbocycles. The van der Waals surface area contributed by atoms with E-state index < -0.39 is 6.09 Å². The van der Waals surface area contributed by atoms with Crippen molar-refractivity contribution in [3.8, 4) is 22.9 Å². The number of ether oxygens (including phenoxy) is 2. The van der Waals surface area contributed by atoms with Crippen molar-refractivity contribution in [2.45, 2.75) is 32.2 Å². The van der Waals surface area contributed by atoms with Gasteiger partial charge in [0.1, 0.15) is 5.75 Å². The fraction of sp³-hybridized carbons (Fsp3) is 0.333. The molecule has 10 nitrogen and oxygen atoms in total. The molecule has 1 saturated heterocycles. The van der Waals surface area contributed by atoms with Crippen LogP contribution in [0, 0.1) is 6.92 Å². The number of methoxy groups -OCH3 is 1. The third-order valence-electron chi connectivity index (χ3n) is 6.98. The normalized spacial score (nSPS) is 15.2. The number of nitrogens with one attached hydrogen (secondary N) is 2. The van der Waals surface area contributed by atoms with E-state index in [1.165, 1.54) is 4.90 Å². The summed E-state index contributed by atoms with van der Waals surface area (Å²) in [6.07, 6.45) is 5.03. The number of carbonyl (C=O) groups is 1. The molecule has 0 saturated carbocycles. The number of hydrogen-bond donors (Lipinski definition) is 3. The molecule has 10 heteroatoms. The van der Waals surface area contributed by atoms with Crippen molar-refractivity contribution in [2.75, 3.05) is 44.0 Å². The van der Waals surface area contributed by atoms with Gasteiger partial charge < -0.3 is 30.1 Å². The van der Waals surface area contributed by atoms with Crippen LogP contribution in [0.15, 0.2) is 60.9 Å². The van der Waals surface area contributed by atoms with Crippen LogP contribution in [0.25, 0.3) is 22.0 Å². The lowest BCUT2D eigenvalue weighted by molar-refractivity contribution is 0.132. The van der Waals surface area contributed by atoms with Crippen molar-refractivity contribution >= 4 is 28.5 Å². The Bertz CT molecular complexity index is 1480. The molecule has 0 radical (unpaired) electrons. The topological polar surface area (TPSA) is 122 Å². The minimum Gasteiger partial charge on any atom is -0.465 e. The van der Waals surface area contributed by atoms with Crippen LogP contribution < -0.4 is 15.4 Å². The Labute approximate surface area is 233 Å². The van der Waals surface area contributed by atoms with Gasteiger partial charge in [-0.05, 0) is 56.0 Å². The maximum atomic E-state index is 11.4. The molecule has 1 aliphatic rings. The molecule has 0 bridgehead atoms. The highest BCUT2D eigenvalue weighted by Gasteiger charge is 2.24. The second-order valence-electron chi connectivity index (χ2n) is 9.82. The lowest BCUT2D eigenvalue weighted by Gasteiger charge is -2.31. The number of pyridine rings is 1. The first-order valence-corrected chi connectivity index (χ1v) is 13.5. The SMILES string of the molecule is COCCCNc1cccc2c(Oc3ncccc3-c3ccnc(N[C@H]4CCCN(C(=O)O)C4)n3)c(C)ccc12. The van der Waals surface area contributed by atoms with E-state index in [2.05, 4.69) is 44.9 Å². The number of aromatic nitrogens is 3. The van der Waals surface area contributed by atoms with Crippen molar-refractivity contribution in [2.24, 2.45) is 0 Å². The molecule has 3 N–H and O–H groups in total. The number of hydrogen-bond acceptors (Lipinski definition) is 8. The van der Waals surface area contributed by atoms with Crippen molar-refractivity contribution in [1.29, 1.82) is 0 Å². The smallest absolute Gasteiger partial charge is 0.407 e. The van der Waals surface area contributed by atoms with Crippen molar-refractivity contribution in [3.05, 3.63) is 66.5 Å². The van der Waals surface area contributed by atoms with Gasteiger partial charge >= 0.3 is 6.09 Å². The summed E-state index contributed by atoms with van der Waals surface area (Å²) in [6.45, 7) is 4.47. The Hall–Kier alpha value is -4.44. The fourth-order valence-electron chi connectivity index (χ4n) is 4.96. The molecule has 5 rings (SSSR count). The summed E-state index contributed by atoms with van der Waals surface area (Å²) in [5, 5.41) is 18.2. The molecule has 3 heterocycles. The van der Waals surface area contributed by atoms with Crippen LogP contribution in [0.2, 0.25) is 0 Å². The quantitative estimate of drug-likeness (QED) is 0.214. The van der Waals surface area contributed by atoms with Crippen LogP contribution in [-0.4, -0.2) is 70.4 Å². The molecular weight excluding hydrogens is 508 g/mol. The van der Waals surface area contributed by atoms with Gasteiger partial charge in [-0.25, -0.2) is 19.7 Å². The molecule has 208 valence electrons. The molecule has 1 atom stereocenters. The zero-order valence-electron chi connectivity index (χ0n) is 22.8. The molecular formula is C30H34N6O4. The predicted molar refractivity (Wildman–Crippen MR) is 155 cm³/mol. The largest absolute Gasteiger partial charge is 0.465 e. The van der Waals surface area contributed by atoms with Crippen LogP contribution in [0.3, 0.4) is 0 Å². The number of benzene rings is 2. The number of fused-ring (bicyclic) bond motifs is 1. The highest BCUT2D eigenvalue weighted by atomic mass is 16.5. The minimum absolute atomic E-state index is 0.0552. The average Bonchev–Trinajstić information content (AvgIpc) is 2.97. The van der Waals surface area contributed by atoms with Crippen LogP contribution >= 0.6 is 0 Å². The number of anilines is 2. The van der Waals surface area contributed by atoms with Gasteiger partial charge in [0.25, 0.3) is 0 Å². The van der Waals surface area contributed by atoms with E-state index in [9.17, 15) is 9.90 Å². The van der Waals surface area contributed by atoms with Crippen molar-refractivity contribution in [1.82, 2.24) is 19.9 Å². The number of carboxylic acid groups (broad SMARTS) is 1. The van der Waals surface area contributed by atoms with Gasteiger partial charge in [-0.15, -0.1) is 0 Å². The molecule has 2 aromatic carbocycles. The van der Waals surface area contributed by atoms with E-state index in [0.29, 0.717) is 37.2 Å². The summed E-state index contributed by atoms with van der Waals surface area (Å²) < 4.78 is 11.7. The standard InChI is InChI=1S/C30H34N6O4/c1-20-11-12-22-23(8-3-10-25(22)31-15-6-18-39-2)27(20)40-28-24(9-4-14-32-28)26-13-16-33-29(35-26)34-21-7-5-17-36(19-21)30(37)38/h3-4,8-14,16,21,31H,5-7,15,17-19H2,1-2H3,(H,37,38)(H,33,34,35)/t21-/m0/s1. The molecule has 1 fully saturated rings. The fourth-order valence-corrected chi connectivity index (χ4v) is 4.96. The van der Waals surface area contributed by atoms with Crippen molar-refractivity contribution in [3.63, 3.8) is 0 Å². The molecule has 40 heavy (non-hydrogen) atoms. The van der Waals surface area contributed by atoms with Crippen LogP contribution in [-0.2, 0) is 4.74 Å². The summed E-state index contributed by atoms with van der Waals surface area (Å²) >= 11 is 0. The van der Waals surface area contributed by atoms with Crippen molar-refractivity contribution < 1.29 is 19.4 Å². The van der Waals surface area contributed by atoms with E-state index in [1.807, 2.05) is 31.2 Å². The first-order valence-electron chi connectivity index (χ1n) is 13.5. The second-order valence-corrected chi connectivity index (χ2v) is 9.82.